The van der Waals surface area contributed by atoms with E-state index in [0.717, 1.165) is 17.5 Å². The van der Waals surface area contributed by atoms with E-state index in [0.29, 0.717) is 5.82 Å². The number of nitrogen functional groups attached to an aromatic ring is 2. The molecule has 0 fully saturated rings. The average molecular weight is 214 g/mol. The SMILES string of the molecule is CCc1ccc(-c2cnc(N)nc2N)cc1. The van der Waals surface area contributed by atoms with E-state index >= 15 is 0 Å². The third kappa shape index (κ3) is 1.95. The fourth-order valence-corrected chi connectivity index (χ4v) is 1.55. The second-order valence-electron chi connectivity index (χ2n) is 3.58. The zero-order chi connectivity index (χ0) is 11.5. The minimum atomic E-state index is 0.200. The molecule has 4 nitrogen and oxygen atoms in total. The van der Waals surface area contributed by atoms with Gasteiger partial charge in [0.2, 0.25) is 5.95 Å². The zero-order valence-electron chi connectivity index (χ0n) is 9.14. The largest absolute Gasteiger partial charge is 0.383 e. The molecule has 4 N–H and O–H groups in total. The van der Waals surface area contributed by atoms with Crippen molar-refractivity contribution in [2.45, 2.75) is 13.3 Å². The summed E-state index contributed by atoms with van der Waals surface area (Å²) in [5.41, 5.74) is 14.4. The van der Waals surface area contributed by atoms with Gasteiger partial charge in [0, 0.05) is 11.8 Å². The predicted molar refractivity (Wildman–Crippen MR) is 65.7 cm³/mol. The van der Waals surface area contributed by atoms with Crippen molar-refractivity contribution >= 4 is 11.8 Å². The van der Waals surface area contributed by atoms with Crippen molar-refractivity contribution in [3.05, 3.63) is 36.0 Å². The van der Waals surface area contributed by atoms with Gasteiger partial charge in [-0.25, -0.2) is 4.98 Å². The fraction of sp³-hybridized carbons (Fsp3) is 0.167. The van der Waals surface area contributed by atoms with E-state index in [4.69, 9.17) is 11.5 Å². The Labute approximate surface area is 94.3 Å². The number of rotatable bonds is 2. The topological polar surface area (TPSA) is 77.8 Å². The number of hydrogen-bond acceptors (Lipinski definition) is 4. The average Bonchev–Trinajstić information content (AvgIpc) is 2.29. The van der Waals surface area contributed by atoms with Crippen LogP contribution in [0.15, 0.2) is 30.5 Å². The Balaban J connectivity index is 2.42. The molecule has 0 atom stereocenters. The molecule has 1 heterocycles. The lowest BCUT2D eigenvalue weighted by Gasteiger charge is -2.05. The minimum Gasteiger partial charge on any atom is -0.383 e. The molecule has 0 aliphatic rings. The van der Waals surface area contributed by atoms with Gasteiger partial charge in [-0.15, -0.1) is 0 Å². The summed E-state index contributed by atoms with van der Waals surface area (Å²) in [5.74, 6) is 0.614. The van der Waals surface area contributed by atoms with Crippen molar-refractivity contribution in [1.82, 2.24) is 9.97 Å². The van der Waals surface area contributed by atoms with E-state index in [-0.39, 0.29) is 5.95 Å². The van der Waals surface area contributed by atoms with Gasteiger partial charge in [0.1, 0.15) is 5.82 Å². The van der Waals surface area contributed by atoms with Crippen LogP contribution in [0.1, 0.15) is 12.5 Å². The molecule has 1 aromatic heterocycles. The number of aromatic nitrogens is 2. The van der Waals surface area contributed by atoms with Crippen molar-refractivity contribution in [3.63, 3.8) is 0 Å². The molecule has 2 aromatic rings. The van der Waals surface area contributed by atoms with Crippen LogP contribution in [0.2, 0.25) is 0 Å². The first-order valence-electron chi connectivity index (χ1n) is 5.18. The summed E-state index contributed by atoms with van der Waals surface area (Å²) < 4.78 is 0. The van der Waals surface area contributed by atoms with Gasteiger partial charge in [0.25, 0.3) is 0 Å². The lowest BCUT2D eigenvalue weighted by Crippen LogP contribution is -2.00. The molecule has 0 saturated carbocycles. The summed E-state index contributed by atoms with van der Waals surface area (Å²) in [6.45, 7) is 2.12. The lowest BCUT2D eigenvalue weighted by atomic mass is 10.1. The van der Waals surface area contributed by atoms with Gasteiger partial charge < -0.3 is 11.5 Å². The summed E-state index contributed by atoms with van der Waals surface area (Å²) in [6, 6.07) is 8.18. The summed E-state index contributed by atoms with van der Waals surface area (Å²) in [6.07, 6.45) is 2.67. The molecule has 1 aromatic carbocycles. The molecule has 0 saturated heterocycles. The van der Waals surface area contributed by atoms with E-state index in [1.807, 2.05) is 12.1 Å². The number of nitrogens with two attached hydrogens (primary N) is 2. The molecule has 4 heteroatoms. The summed E-state index contributed by atoms with van der Waals surface area (Å²) in [4.78, 5) is 7.88. The maximum atomic E-state index is 5.79. The van der Waals surface area contributed by atoms with E-state index < -0.39 is 0 Å². The number of hydrogen-bond donors (Lipinski definition) is 2. The van der Waals surface area contributed by atoms with Gasteiger partial charge in [-0.3, -0.25) is 0 Å². The third-order valence-corrected chi connectivity index (χ3v) is 2.51. The van der Waals surface area contributed by atoms with Gasteiger partial charge in [-0.2, -0.15) is 4.98 Å². The van der Waals surface area contributed by atoms with E-state index in [1.54, 1.807) is 6.20 Å². The van der Waals surface area contributed by atoms with E-state index in [9.17, 15) is 0 Å². The first kappa shape index (κ1) is 10.4. The fourth-order valence-electron chi connectivity index (χ4n) is 1.55. The molecule has 0 spiro atoms. The highest BCUT2D eigenvalue weighted by Gasteiger charge is 2.04. The van der Waals surface area contributed by atoms with Crippen LogP contribution in [0.5, 0.6) is 0 Å². The predicted octanol–water partition coefficient (Wildman–Crippen LogP) is 1.87. The Morgan fingerprint density at radius 1 is 1.12 bits per heavy atom. The van der Waals surface area contributed by atoms with Crippen LogP contribution in [0.3, 0.4) is 0 Å². The van der Waals surface area contributed by atoms with Gasteiger partial charge in [0.15, 0.2) is 0 Å². The van der Waals surface area contributed by atoms with Crippen LogP contribution in [-0.4, -0.2) is 9.97 Å². The highest BCUT2D eigenvalue weighted by molar-refractivity contribution is 5.73. The molecular formula is C12H14N4. The van der Waals surface area contributed by atoms with Crippen molar-refractivity contribution in [1.29, 1.82) is 0 Å². The molecule has 0 amide bonds. The van der Waals surface area contributed by atoms with Gasteiger partial charge in [0.05, 0.1) is 0 Å². The van der Waals surface area contributed by atoms with Crippen LogP contribution in [-0.2, 0) is 6.42 Å². The number of benzene rings is 1. The Morgan fingerprint density at radius 3 is 2.38 bits per heavy atom. The first-order valence-corrected chi connectivity index (χ1v) is 5.18. The van der Waals surface area contributed by atoms with Crippen LogP contribution in [0.25, 0.3) is 11.1 Å². The molecule has 0 aliphatic carbocycles. The smallest absolute Gasteiger partial charge is 0.221 e. The molecule has 0 radical (unpaired) electrons. The lowest BCUT2D eigenvalue weighted by molar-refractivity contribution is 1.14. The Hall–Kier alpha value is -2.10. The summed E-state index contributed by atoms with van der Waals surface area (Å²) >= 11 is 0. The van der Waals surface area contributed by atoms with Crippen molar-refractivity contribution in [2.75, 3.05) is 11.5 Å². The molecule has 16 heavy (non-hydrogen) atoms. The van der Waals surface area contributed by atoms with Gasteiger partial charge >= 0.3 is 0 Å². The normalized spacial score (nSPS) is 10.3. The van der Waals surface area contributed by atoms with Crippen LogP contribution in [0.4, 0.5) is 11.8 Å². The molecule has 82 valence electrons. The van der Waals surface area contributed by atoms with Gasteiger partial charge in [-0.05, 0) is 17.5 Å². The second-order valence-corrected chi connectivity index (χ2v) is 3.58. The Morgan fingerprint density at radius 2 is 1.81 bits per heavy atom. The first-order chi connectivity index (χ1) is 7.70. The Bertz CT molecular complexity index is 491. The Kier molecular flexibility index (Phi) is 2.72. The number of anilines is 2. The van der Waals surface area contributed by atoms with Gasteiger partial charge in [-0.1, -0.05) is 31.2 Å². The third-order valence-electron chi connectivity index (χ3n) is 2.51. The van der Waals surface area contributed by atoms with Crippen LogP contribution in [0, 0.1) is 0 Å². The monoisotopic (exact) mass is 214 g/mol. The number of aryl methyl sites for hydroxylation is 1. The van der Waals surface area contributed by atoms with Crippen LogP contribution >= 0.6 is 0 Å². The molecule has 0 aliphatic heterocycles. The standard InChI is InChI=1S/C12H14N4/c1-2-8-3-5-9(6-4-8)10-7-15-12(14)16-11(10)13/h3-7H,2H2,1H3,(H4,13,14,15,16). The molecule has 0 bridgehead atoms. The second kappa shape index (κ2) is 4.18. The summed E-state index contributed by atoms with van der Waals surface area (Å²) in [7, 11) is 0. The highest BCUT2D eigenvalue weighted by Crippen LogP contribution is 2.24. The zero-order valence-corrected chi connectivity index (χ0v) is 9.14. The molecule has 2 rings (SSSR count). The van der Waals surface area contributed by atoms with Crippen LogP contribution < -0.4 is 11.5 Å². The minimum absolute atomic E-state index is 0.200. The van der Waals surface area contributed by atoms with Crippen molar-refractivity contribution < 1.29 is 0 Å². The van der Waals surface area contributed by atoms with E-state index in [1.165, 1.54) is 5.56 Å². The maximum absolute atomic E-state index is 5.79. The highest BCUT2D eigenvalue weighted by atomic mass is 15.0. The quantitative estimate of drug-likeness (QED) is 0.800. The number of nitrogens with zero attached hydrogens (tertiary/aromatic N) is 2. The maximum Gasteiger partial charge on any atom is 0.221 e. The van der Waals surface area contributed by atoms with E-state index in [2.05, 4.69) is 29.0 Å². The molecular weight excluding hydrogens is 200 g/mol. The van der Waals surface area contributed by atoms with Crippen molar-refractivity contribution in [2.24, 2.45) is 0 Å². The van der Waals surface area contributed by atoms with Crippen molar-refractivity contribution in [3.8, 4) is 11.1 Å². The molecule has 0 unspecified atom stereocenters. The summed E-state index contributed by atoms with van der Waals surface area (Å²) in [5, 5.41) is 0.